The molecule has 1 N–H and O–H groups in total. The van der Waals surface area contributed by atoms with Gasteiger partial charge in [0, 0.05) is 29.2 Å². The number of halogens is 1. The molecule has 1 heterocycles. The topological polar surface area (TPSA) is 102 Å². The minimum absolute atomic E-state index is 0.0628. The molecule has 8 nitrogen and oxygen atoms in total. The summed E-state index contributed by atoms with van der Waals surface area (Å²) in [5, 5.41) is 14.4. The van der Waals surface area contributed by atoms with E-state index in [1.54, 1.807) is 30.3 Å². The first-order chi connectivity index (χ1) is 14.4. The van der Waals surface area contributed by atoms with Crippen molar-refractivity contribution in [3.05, 3.63) is 68.2 Å². The van der Waals surface area contributed by atoms with Gasteiger partial charge in [0.1, 0.15) is 5.69 Å². The van der Waals surface area contributed by atoms with E-state index in [1.165, 1.54) is 13.2 Å². The first kappa shape index (κ1) is 21.8. The number of esters is 1. The van der Waals surface area contributed by atoms with Gasteiger partial charge in [0.2, 0.25) is 0 Å². The van der Waals surface area contributed by atoms with Gasteiger partial charge >= 0.3 is 5.97 Å². The lowest BCUT2D eigenvalue weighted by Crippen LogP contribution is -2.30. The number of nitro groups is 1. The Kier molecular flexibility index (Phi) is 7.04. The number of anilines is 1. The predicted molar refractivity (Wildman–Crippen MR) is 116 cm³/mol. The molecule has 0 aromatic heterocycles. The summed E-state index contributed by atoms with van der Waals surface area (Å²) in [5.41, 5.74) is 1.30. The fourth-order valence-corrected chi connectivity index (χ4v) is 3.92. The predicted octanol–water partition coefficient (Wildman–Crippen LogP) is 3.99. The second-order valence-electron chi connectivity index (χ2n) is 7.02. The highest BCUT2D eigenvalue weighted by molar-refractivity contribution is 9.10. The molecule has 1 aliphatic rings. The van der Waals surface area contributed by atoms with Gasteiger partial charge in [-0.05, 0) is 42.7 Å². The number of nitrogens with zero attached hydrogens (tertiary/aromatic N) is 2. The molecule has 3 rings (SSSR count). The number of ether oxygens (including phenoxy) is 1. The highest BCUT2D eigenvalue weighted by atomic mass is 79.9. The SMILES string of the molecule is COC(=O)CC(NC(=O)c1ccc(N2CCCC2)c([N+](=O)[O-])c1)c1cccc(Br)c1. The van der Waals surface area contributed by atoms with Gasteiger partial charge in [-0.15, -0.1) is 0 Å². The summed E-state index contributed by atoms with van der Waals surface area (Å²) < 4.78 is 5.55. The third-order valence-electron chi connectivity index (χ3n) is 5.04. The molecule has 1 atom stereocenters. The molecular formula is C21H22BrN3O5. The maximum Gasteiger partial charge on any atom is 0.307 e. The Balaban J connectivity index is 1.86. The van der Waals surface area contributed by atoms with E-state index >= 15 is 0 Å². The van der Waals surface area contributed by atoms with Gasteiger partial charge in [-0.2, -0.15) is 0 Å². The lowest BCUT2D eigenvalue weighted by molar-refractivity contribution is -0.384. The lowest BCUT2D eigenvalue weighted by Gasteiger charge is -2.20. The molecule has 2 aromatic rings. The Morgan fingerprint density at radius 3 is 2.60 bits per heavy atom. The van der Waals surface area contributed by atoms with Crippen LogP contribution in [-0.4, -0.2) is 37.0 Å². The van der Waals surface area contributed by atoms with Gasteiger partial charge in [0.25, 0.3) is 11.6 Å². The standard InChI is InChI=1S/C21H22BrN3O5/c1-30-20(26)13-17(14-5-4-6-16(22)11-14)23-21(27)15-7-8-18(19(12-15)25(28)29)24-9-2-3-10-24/h4-8,11-12,17H,2-3,9-10,13H2,1H3,(H,23,27). The number of nitro benzene ring substituents is 1. The number of amides is 1. The number of carbonyl (C=O) groups is 2. The van der Waals surface area contributed by atoms with Gasteiger partial charge in [-0.1, -0.05) is 28.1 Å². The number of carbonyl (C=O) groups excluding carboxylic acids is 2. The molecule has 0 spiro atoms. The highest BCUT2D eigenvalue weighted by Gasteiger charge is 2.25. The molecule has 1 unspecified atom stereocenters. The first-order valence-corrected chi connectivity index (χ1v) is 10.3. The van der Waals surface area contributed by atoms with Crippen molar-refractivity contribution in [2.24, 2.45) is 0 Å². The molecular weight excluding hydrogens is 454 g/mol. The smallest absolute Gasteiger partial charge is 0.307 e. The first-order valence-electron chi connectivity index (χ1n) is 9.55. The van der Waals surface area contributed by atoms with E-state index in [1.807, 2.05) is 11.0 Å². The van der Waals surface area contributed by atoms with Crippen LogP contribution in [0.2, 0.25) is 0 Å². The number of nitrogens with one attached hydrogen (secondary N) is 1. The van der Waals surface area contributed by atoms with E-state index in [9.17, 15) is 19.7 Å². The average molecular weight is 476 g/mol. The van der Waals surface area contributed by atoms with Crippen LogP contribution >= 0.6 is 15.9 Å². The van der Waals surface area contributed by atoms with E-state index in [0.717, 1.165) is 30.4 Å². The zero-order valence-corrected chi connectivity index (χ0v) is 18.1. The molecule has 1 aliphatic heterocycles. The Morgan fingerprint density at radius 2 is 1.97 bits per heavy atom. The van der Waals surface area contributed by atoms with Crippen LogP contribution in [0, 0.1) is 10.1 Å². The van der Waals surface area contributed by atoms with Crippen molar-refractivity contribution >= 4 is 39.2 Å². The van der Waals surface area contributed by atoms with Crippen LogP contribution in [0.4, 0.5) is 11.4 Å². The quantitative estimate of drug-likeness (QED) is 0.369. The summed E-state index contributed by atoms with van der Waals surface area (Å²) in [6.07, 6.45) is 1.91. The second-order valence-corrected chi connectivity index (χ2v) is 7.93. The third-order valence-corrected chi connectivity index (χ3v) is 5.53. The van der Waals surface area contributed by atoms with Crippen molar-refractivity contribution in [2.45, 2.75) is 25.3 Å². The van der Waals surface area contributed by atoms with Gasteiger partial charge in [-0.3, -0.25) is 19.7 Å². The van der Waals surface area contributed by atoms with Crippen molar-refractivity contribution in [1.82, 2.24) is 5.32 Å². The second kappa shape index (κ2) is 9.71. The van der Waals surface area contributed by atoms with Gasteiger partial charge in [-0.25, -0.2) is 0 Å². The molecule has 0 bridgehead atoms. The molecule has 0 saturated carbocycles. The van der Waals surface area contributed by atoms with Crippen molar-refractivity contribution in [2.75, 3.05) is 25.1 Å². The van der Waals surface area contributed by atoms with Crippen molar-refractivity contribution in [3.8, 4) is 0 Å². The van der Waals surface area contributed by atoms with Crippen LogP contribution in [0.1, 0.15) is 41.2 Å². The van der Waals surface area contributed by atoms with Crippen LogP contribution in [0.5, 0.6) is 0 Å². The van der Waals surface area contributed by atoms with E-state index in [4.69, 9.17) is 4.74 Å². The zero-order chi connectivity index (χ0) is 21.7. The molecule has 158 valence electrons. The molecule has 1 fully saturated rings. The van der Waals surface area contributed by atoms with E-state index < -0.39 is 22.8 Å². The average Bonchev–Trinajstić information content (AvgIpc) is 3.27. The highest BCUT2D eigenvalue weighted by Crippen LogP contribution is 2.32. The van der Waals surface area contributed by atoms with Crippen LogP contribution in [0.3, 0.4) is 0 Å². The number of benzene rings is 2. The summed E-state index contributed by atoms with van der Waals surface area (Å²) >= 11 is 3.38. The molecule has 0 radical (unpaired) electrons. The summed E-state index contributed by atoms with van der Waals surface area (Å²) in [6.45, 7) is 1.52. The fourth-order valence-electron chi connectivity index (χ4n) is 3.50. The van der Waals surface area contributed by atoms with Crippen molar-refractivity contribution in [1.29, 1.82) is 0 Å². The van der Waals surface area contributed by atoms with Gasteiger partial charge in [0.15, 0.2) is 0 Å². The molecule has 0 aliphatic carbocycles. The normalized spacial score (nSPS) is 14.3. The fraction of sp³-hybridized carbons (Fsp3) is 0.333. The molecule has 30 heavy (non-hydrogen) atoms. The van der Waals surface area contributed by atoms with E-state index in [2.05, 4.69) is 21.2 Å². The van der Waals surface area contributed by atoms with Gasteiger partial charge < -0.3 is 15.0 Å². The number of hydrogen-bond acceptors (Lipinski definition) is 6. The Bertz CT molecular complexity index is 959. The minimum Gasteiger partial charge on any atom is -0.469 e. The number of methoxy groups -OCH3 is 1. The Morgan fingerprint density at radius 1 is 1.23 bits per heavy atom. The molecule has 1 amide bonds. The minimum atomic E-state index is -0.639. The van der Waals surface area contributed by atoms with Crippen LogP contribution in [-0.2, 0) is 9.53 Å². The Hall–Kier alpha value is -2.94. The largest absolute Gasteiger partial charge is 0.469 e. The van der Waals surface area contributed by atoms with Gasteiger partial charge in [0.05, 0.1) is 24.5 Å². The van der Waals surface area contributed by atoms with E-state index in [-0.39, 0.29) is 17.7 Å². The van der Waals surface area contributed by atoms with Crippen molar-refractivity contribution in [3.63, 3.8) is 0 Å². The molecule has 9 heteroatoms. The summed E-state index contributed by atoms with van der Waals surface area (Å²) in [7, 11) is 1.28. The molecule has 1 saturated heterocycles. The Labute approximate surface area is 182 Å². The number of hydrogen-bond donors (Lipinski definition) is 1. The zero-order valence-electron chi connectivity index (χ0n) is 16.5. The maximum absolute atomic E-state index is 12.9. The third kappa shape index (κ3) is 5.15. The van der Waals surface area contributed by atoms with E-state index in [0.29, 0.717) is 11.3 Å². The lowest BCUT2D eigenvalue weighted by atomic mass is 10.0. The summed E-state index contributed by atoms with van der Waals surface area (Å²) in [5.74, 6) is -0.976. The van der Waals surface area contributed by atoms with Crippen LogP contribution in [0.15, 0.2) is 46.9 Å². The monoisotopic (exact) mass is 475 g/mol. The van der Waals surface area contributed by atoms with Crippen molar-refractivity contribution < 1.29 is 19.2 Å². The maximum atomic E-state index is 12.9. The summed E-state index contributed by atoms with van der Waals surface area (Å²) in [4.78, 5) is 37.8. The summed E-state index contributed by atoms with van der Waals surface area (Å²) in [6, 6.07) is 11.1. The van der Waals surface area contributed by atoms with Crippen LogP contribution < -0.4 is 10.2 Å². The van der Waals surface area contributed by atoms with Crippen LogP contribution in [0.25, 0.3) is 0 Å². The molecule has 2 aromatic carbocycles. The number of rotatable bonds is 7.